The Bertz CT molecular complexity index is 851. The van der Waals surface area contributed by atoms with Gasteiger partial charge in [-0.2, -0.15) is 0 Å². The molecule has 1 aliphatic carbocycles. The molecular formula is C23H31N3OS. The Hall–Kier alpha value is -1.59. The van der Waals surface area contributed by atoms with E-state index in [0.29, 0.717) is 6.04 Å². The highest BCUT2D eigenvalue weighted by Crippen LogP contribution is 2.53. The molecule has 3 saturated heterocycles. The lowest BCUT2D eigenvalue weighted by atomic mass is 9.84. The van der Waals surface area contributed by atoms with Gasteiger partial charge in [0, 0.05) is 53.8 Å². The van der Waals surface area contributed by atoms with Crippen LogP contribution >= 0.6 is 11.8 Å². The van der Waals surface area contributed by atoms with Crippen LogP contribution in [0, 0.1) is 0 Å². The average Bonchev–Trinajstić information content (AvgIpc) is 2.68. The number of rotatable bonds is 3. The summed E-state index contributed by atoms with van der Waals surface area (Å²) < 4.78 is 5.46. The lowest BCUT2D eigenvalue weighted by molar-refractivity contribution is -0.0772. The molecule has 1 aromatic rings. The predicted molar refractivity (Wildman–Crippen MR) is 117 cm³/mol. The first-order valence-corrected chi connectivity index (χ1v) is 11.3. The maximum absolute atomic E-state index is 5.46. The van der Waals surface area contributed by atoms with E-state index in [2.05, 4.69) is 72.9 Å². The molecule has 0 spiro atoms. The van der Waals surface area contributed by atoms with Crippen LogP contribution in [0.25, 0.3) is 0 Å². The molecule has 4 nitrogen and oxygen atoms in total. The van der Waals surface area contributed by atoms with Crippen molar-refractivity contribution < 1.29 is 4.74 Å². The maximum atomic E-state index is 5.46. The van der Waals surface area contributed by atoms with E-state index in [9.17, 15) is 0 Å². The largest absolute Gasteiger partial charge is 0.497 e. The lowest BCUT2D eigenvalue weighted by Crippen LogP contribution is -2.70. The summed E-state index contributed by atoms with van der Waals surface area (Å²) in [7, 11) is 3.97. The van der Waals surface area contributed by atoms with Gasteiger partial charge in [0.05, 0.1) is 18.3 Å². The van der Waals surface area contributed by atoms with Gasteiger partial charge in [0.1, 0.15) is 5.75 Å². The van der Waals surface area contributed by atoms with Crippen molar-refractivity contribution in [2.24, 2.45) is 0 Å². The standard InChI is InChI=1S/C23H31N3OS/c1-15(2)26-17-10-18(26)14-25(13-17)16-8-9-23(3)22(11-16)28-21-12-19(27-5)6-7-20(21)24(23)4/h6-8,11-12,15,17-18H,9-10,13-14H2,1-5H3/t17-,18+,23?. The van der Waals surface area contributed by atoms with E-state index in [1.807, 2.05) is 11.8 Å². The van der Waals surface area contributed by atoms with Crippen LogP contribution in [0.2, 0.25) is 0 Å². The first-order valence-electron chi connectivity index (χ1n) is 10.4. The van der Waals surface area contributed by atoms with E-state index in [0.717, 1.165) is 24.3 Å². The molecule has 3 fully saturated rings. The summed E-state index contributed by atoms with van der Waals surface area (Å²) in [5.41, 5.74) is 2.77. The number of hydrogen-bond donors (Lipinski definition) is 0. The fourth-order valence-electron chi connectivity index (χ4n) is 5.47. The number of methoxy groups -OCH3 is 1. The van der Waals surface area contributed by atoms with Gasteiger partial charge in [-0.3, -0.25) is 4.90 Å². The van der Waals surface area contributed by atoms with Crippen molar-refractivity contribution in [2.45, 2.75) is 62.2 Å². The van der Waals surface area contributed by atoms with Crippen molar-refractivity contribution in [2.75, 3.05) is 32.1 Å². The molecule has 0 aromatic heterocycles. The molecular weight excluding hydrogens is 366 g/mol. The SMILES string of the molecule is COc1ccc2c(c1)SC1=CC(N3C[C@H]4C[C@@H](C3)N4C(C)C)=CCC1(C)N2C. The molecule has 28 heavy (non-hydrogen) atoms. The Morgan fingerprint density at radius 1 is 1.21 bits per heavy atom. The van der Waals surface area contributed by atoms with E-state index in [1.54, 1.807) is 7.11 Å². The fraction of sp³-hybridized carbons (Fsp3) is 0.565. The number of piperazine rings is 1. The summed E-state index contributed by atoms with van der Waals surface area (Å²) in [6, 6.07) is 8.57. The smallest absolute Gasteiger partial charge is 0.120 e. The van der Waals surface area contributed by atoms with Crippen molar-refractivity contribution in [3.05, 3.63) is 41.0 Å². The molecule has 3 atom stereocenters. The quantitative estimate of drug-likeness (QED) is 0.753. The Kier molecular flexibility index (Phi) is 4.25. The highest BCUT2D eigenvalue weighted by atomic mass is 32.2. The number of nitrogens with zero attached hydrogens (tertiary/aromatic N) is 3. The number of ether oxygens (including phenoxy) is 1. The first-order chi connectivity index (χ1) is 13.4. The minimum Gasteiger partial charge on any atom is -0.497 e. The summed E-state index contributed by atoms with van der Waals surface area (Å²) in [4.78, 5) is 10.5. The number of thioether (sulfide) groups is 1. The van der Waals surface area contributed by atoms with E-state index in [1.165, 1.54) is 40.7 Å². The molecule has 5 heteroatoms. The van der Waals surface area contributed by atoms with Gasteiger partial charge in [0.2, 0.25) is 0 Å². The second kappa shape index (κ2) is 6.46. The molecule has 0 N–H and O–H groups in total. The van der Waals surface area contributed by atoms with Crippen molar-refractivity contribution in [1.82, 2.24) is 9.80 Å². The van der Waals surface area contributed by atoms with E-state index >= 15 is 0 Å². The highest BCUT2D eigenvalue weighted by molar-refractivity contribution is 8.03. The van der Waals surface area contributed by atoms with Crippen molar-refractivity contribution >= 4 is 17.4 Å². The number of hydrogen-bond acceptors (Lipinski definition) is 5. The zero-order chi connectivity index (χ0) is 19.6. The number of benzene rings is 1. The topological polar surface area (TPSA) is 19.0 Å². The van der Waals surface area contributed by atoms with Crippen molar-refractivity contribution in [3.63, 3.8) is 0 Å². The van der Waals surface area contributed by atoms with Gasteiger partial charge in [0.15, 0.2) is 0 Å². The van der Waals surface area contributed by atoms with Gasteiger partial charge in [-0.1, -0.05) is 17.8 Å². The number of allylic oxidation sites excluding steroid dienone is 1. The third-order valence-electron chi connectivity index (χ3n) is 7.22. The molecule has 4 aliphatic heterocycles. The Balaban J connectivity index is 1.41. The van der Waals surface area contributed by atoms with Crippen LogP contribution < -0.4 is 9.64 Å². The second-order valence-corrected chi connectivity index (χ2v) is 10.2. The lowest BCUT2D eigenvalue weighted by Gasteiger charge is -2.59. The van der Waals surface area contributed by atoms with Crippen molar-refractivity contribution in [3.8, 4) is 5.75 Å². The number of fused-ring (bicyclic) bond motifs is 4. The molecule has 0 amide bonds. The Morgan fingerprint density at radius 2 is 1.96 bits per heavy atom. The molecule has 4 heterocycles. The minimum absolute atomic E-state index is 0.0401. The highest BCUT2D eigenvalue weighted by Gasteiger charge is 2.47. The summed E-state index contributed by atoms with van der Waals surface area (Å²) in [5.74, 6) is 0.931. The third kappa shape index (κ3) is 2.62. The van der Waals surface area contributed by atoms with Gasteiger partial charge in [0.25, 0.3) is 0 Å². The van der Waals surface area contributed by atoms with Gasteiger partial charge < -0.3 is 14.5 Å². The molecule has 6 rings (SSSR count). The predicted octanol–water partition coefficient (Wildman–Crippen LogP) is 4.33. The van der Waals surface area contributed by atoms with E-state index < -0.39 is 0 Å². The van der Waals surface area contributed by atoms with Gasteiger partial charge in [-0.25, -0.2) is 0 Å². The summed E-state index contributed by atoms with van der Waals surface area (Å²) in [6.45, 7) is 9.39. The van der Waals surface area contributed by atoms with Crippen molar-refractivity contribution in [1.29, 1.82) is 0 Å². The van der Waals surface area contributed by atoms with Gasteiger partial charge in [-0.15, -0.1) is 0 Å². The molecule has 1 aromatic carbocycles. The Labute approximate surface area is 173 Å². The summed E-state index contributed by atoms with van der Waals surface area (Å²) in [5, 5.41) is 0. The number of piperidine rings is 1. The average molecular weight is 398 g/mol. The van der Waals surface area contributed by atoms with Crippen LogP contribution in [0.4, 0.5) is 5.69 Å². The third-order valence-corrected chi connectivity index (χ3v) is 8.54. The molecule has 0 saturated carbocycles. The Morgan fingerprint density at radius 3 is 2.64 bits per heavy atom. The maximum Gasteiger partial charge on any atom is 0.120 e. The van der Waals surface area contributed by atoms with Crippen LogP contribution in [0.15, 0.2) is 45.8 Å². The fourth-order valence-corrected chi connectivity index (χ4v) is 6.81. The monoisotopic (exact) mass is 397 g/mol. The van der Waals surface area contributed by atoms with Crippen LogP contribution in [-0.2, 0) is 0 Å². The minimum atomic E-state index is 0.0401. The molecule has 2 bridgehead atoms. The molecule has 0 radical (unpaired) electrons. The first kappa shape index (κ1) is 18.4. The van der Waals surface area contributed by atoms with Crippen LogP contribution in [0.1, 0.15) is 33.6 Å². The number of likely N-dealkylation sites (N-methyl/N-ethyl adjacent to an activating group) is 1. The van der Waals surface area contributed by atoms with Crippen LogP contribution in [-0.4, -0.2) is 60.7 Å². The molecule has 5 aliphatic rings. The molecule has 1 unspecified atom stereocenters. The van der Waals surface area contributed by atoms with E-state index in [4.69, 9.17) is 4.74 Å². The summed E-state index contributed by atoms with van der Waals surface area (Å²) >= 11 is 1.92. The second-order valence-electron chi connectivity index (χ2n) is 9.10. The van der Waals surface area contributed by atoms with Gasteiger partial charge >= 0.3 is 0 Å². The van der Waals surface area contributed by atoms with Gasteiger partial charge in [-0.05, 0) is 57.9 Å². The van der Waals surface area contributed by atoms with Crippen LogP contribution in [0.3, 0.4) is 0 Å². The normalized spacial score (nSPS) is 31.6. The zero-order valence-corrected chi connectivity index (χ0v) is 18.4. The van der Waals surface area contributed by atoms with Crippen LogP contribution in [0.5, 0.6) is 5.75 Å². The zero-order valence-electron chi connectivity index (χ0n) is 17.6. The van der Waals surface area contributed by atoms with E-state index in [-0.39, 0.29) is 5.54 Å². The molecule has 150 valence electrons. The summed E-state index contributed by atoms with van der Waals surface area (Å²) in [6.07, 6.45) is 7.36. The number of anilines is 1.